The van der Waals surface area contributed by atoms with Gasteiger partial charge < -0.3 is 9.32 Å². The Hall–Kier alpha value is -2.36. The maximum atomic E-state index is 5.70. The Morgan fingerprint density at radius 1 is 1.11 bits per heavy atom. The fraction of sp³-hybridized carbons (Fsp3) is 0.143. The minimum Gasteiger partial charge on any atom is -0.423 e. The first-order valence-electron chi connectivity index (χ1n) is 5.78. The third-order valence-electron chi connectivity index (χ3n) is 2.78. The molecule has 0 fully saturated rings. The summed E-state index contributed by atoms with van der Waals surface area (Å²) in [6.45, 7) is 0.745. The third kappa shape index (κ3) is 2.05. The van der Waals surface area contributed by atoms with Gasteiger partial charge in [0, 0.05) is 26.0 Å². The van der Waals surface area contributed by atoms with Gasteiger partial charge in [-0.05, 0) is 29.8 Å². The zero-order valence-electron chi connectivity index (χ0n) is 10.1. The highest BCUT2D eigenvalue weighted by molar-refractivity contribution is 5.74. The topological polar surface area (TPSA) is 42.2 Å². The highest BCUT2D eigenvalue weighted by Crippen LogP contribution is 2.21. The molecule has 3 rings (SSSR count). The van der Waals surface area contributed by atoms with Crippen LogP contribution in [0.25, 0.3) is 11.1 Å². The number of pyridine rings is 1. The van der Waals surface area contributed by atoms with Crippen molar-refractivity contribution in [2.75, 3.05) is 11.9 Å². The van der Waals surface area contributed by atoms with E-state index >= 15 is 0 Å². The number of nitrogens with zero attached hydrogens (tertiary/aromatic N) is 3. The molecule has 3 aromatic rings. The number of anilines is 1. The van der Waals surface area contributed by atoms with Crippen LogP contribution >= 0.6 is 0 Å². The molecule has 0 saturated carbocycles. The second kappa shape index (κ2) is 4.49. The van der Waals surface area contributed by atoms with Crippen LogP contribution in [0.15, 0.2) is 53.2 Å². The zero-order valence-corrected chi connectivity index (χ0v) is 10.1. The van der Waals surface area contributed by atoms with Crippen molar-refractivity contribution in [1.82, 2.24) is 9.97 Å². The smallest absolute Gasteiger partial charge is 0.298 e. The molecule has 2 heterocycles. The molecule has 4 heteroatoms. The molecule has 1 aromatic carbocycles. The van der Waals surface area contributed by atoms with Gasteiger partial charge in [-0.25, -0.2) is 0 Å². The quantitative estimate of drug-likeness (QED) is 0.704. The Morgan fingerprint density at radius 3 is 2.67 bits per heavy atom. The first-order valence-corrected chi connectivity index (χ1v) is 5.78. The number of benzene rings is 1. The molecule has 0 atom stereocenters. The van der Waals surface area contributed by atoms with E-state index in [4.69, 9.17) is 4.42 Å². The van der Waals surface area contributed by atoms with Crippen LogP contribution in [-0.4, -0.2) is 17.0 Å². The second-order valence-electron chi connectivity index (χ2n) is 4.18. The van der Waals surface area contributed by atoms with Crippen molar-refractivity contribution < 1.29 is 4.42 Å². The molecule has 0 aliphatic carbocycles. The molecule has 2 aromatic heterocycles. The Morgan fingerprint density at radius 2 is 1.89 bits per heavy atom. The predicted octanol–water partition coefficient (Wildman–Crippen LogP) is 2.86. The van der Waals surface area contributed by atoms with Crippen molar-refractivity contribution in [2.45, 2.75) is 6.54 Å². The predicted molar refractivity (Wildman–Crippen MR) is 70.4 cm³/mol. The minimum atomic E-state index is 0.632. The highest BCUT2D eigenvalue weighted by atomic mass is 16.4. The van der Waals surface area contributed by atoms with Gasteiger partial charge in [0.1, 0.15) is 5.52 Å². The first-order chi connectivity index (χ1) is 8.83. The summed E-state index contributed by atoms with van der Waals surface area (Å²) in [4.78, 5) is 10.4. The molecule has 0 spiro atoms. The van der Waals surface area contributed by atoms with E-state index in [1.54, 1.807) is 12.4 Å². The molecule has 0 unspecified atom stereocenters. The lowest BCUT2D eigenvalue weighted by molar-refractivity contribution is 0.582. The van der Waals surface area contributed by atoms with Crippen LogP contribution in [0.2, 0.25) is 0 Å². The van der Waals surface area contributed by atoms with Crippen LogP contribution in [0, 0.1) is 0 Å². The van der Waals surface area contributed by atoms with E-state index in [0.29, 0.717) is 6.01 Å². The minimum absolute atomic E-state index is 0.632. The van der Waals surface area contributed by atoms with E-state index in [-0.39, 0.29) is 0 Å². The first kappa shape index (κ1) is 10.8. The fourth-order valence-electron chi connectivity index (χ4n) is 1.85. The van der Waals surface area contributed by atoms with E-state index in [0.717, 1.165) is 17.6 Å². The van der Waals surface area contributed by atoms with Crippen LogP contribution in [-0.2, 0) is 6.54 Å². The van der Waals surface area contributed by atoms with Gasteiger partial charge in [0.2, 0.25) is 0 Å². The largest absolute Gasteiger partial charge is 0.423 e. The standard InChI is InChI=1S/C14H13N3O/c1-17(10-11-6-8-15-9-7-11)14-16-12-4-2-3-5-13(12)18-14/h2-9H,10H2,1H3. The van der Waals surface area contributed by atoms with Crippen molar-refractivity contribution in [3.05, 3.63) is 54.4 Å². The molecule has 0 aliphatic heterocycles. The van der Waals surface area contributed by atoms with Gasteiger partial charge in [0.25, 0.3) is 6.01 Å². The Balaban J connectivity index is 1.86. The lowest BCUT2D eigenvalue weighted by atomic mass is 10.2. The lowest BCUT2D eigenvalue weighted by Gasteiger charge is -2.13. The molecule has 0 N–H and O–H groups in total. The van der Waals surface area contributed by atoms with Gasteiger partial charge in [0.15, 0.2) is 5.58 Å². The van der Waals surface area contributed by atoms with Crippen LogP contribution in [0.1, 0.15) is 5.56 Å². The molecule has 18 heavy (non-hydrogen) atoms. The molecule has 4 nitrogen and oxygen atoms in total. The summed E-state index contributed by atoms with van der Waals surface area (Å²) in [7, 11) is 1.96. The van der Waals surface area contributed by atoms with E-state index < -0.39 is 0 Å². The average molecular weight is 239 g/mol. The maximum absolute atomic E-state index is 5.70. The summed E-state index contributed by atoms with van der Waals surface area (Å²) in [5.74, 6) is 0. The van der Waals surface area contributed by atoms with Gasteiger partial charge in [-0.3, -0.25) is 4.98 Å². The van der Waals surface area contributed by atoms with Crippen molar-refractivity contribution >= 4 is 17.1 Å². The number of fused-ring (bicyclic) bond motifs is 1. The van der Waals surface area contributed by atoms with Gasteiger partial charge in [-0.15, -0.1) is 0 Å². The van der Waals surface area contributed by atoms with E-state index in [1.165, 1.54) is 5.56 Å². The summed E-state index contributed by atoms with van der Waals surface area (Å²) >= 11 is 0. The van der Waals surface area contributed by atoms with E-state index in [2.05, 4.69) is 9.97 Å². The number of oxazole rings is 1. The number of aromatic nitrogens is 2. The normalized spacial score (nSPS) is 10.7. The summed E-state index contributed by atoms with van der Waals surface area (Å²) in [5, 5.41) is 0. The van der Waals surface area contributed by atoms with Gasteiger partial charge >= 0.3 is 0 Å². The van der Waals surface area contributed by atoms with Gasteiger partial charge in [-0.2, -0.15) is 4.98 Å². The number of rotatable bonds is 3. The monoisotopic (exact) mass is 239 g/mol. The summed E-state index contributed by atoms with van der Waals surface area (Å²) in [5.41, 5.74) is 2.87. The Kier molecular flexibility index (Phi) is 2.68. The zero-order chi connectivity index (χ0) is 12.4. The number of hydrogen-bond donors (Lipinski definition) is 0. The Labute approximate surface area is 105 Å². The van der Waals surface area contributed by atoms with Crippen molar-refractivity contribution in [1.29, 1.82) is 0 Å². The second-order valence-corrected chi connectivity index (χ2v) is 4.18. The third-order valence-corrected chi connectivity index (χ3v) is 2.78. The molecular weight excluding hydrogens is 226 g/mol. The molecule has 0 saturated heterocycles. The molecule has 90 valence electrons. The summed E-state index contributed by atoms with van der Waals surface area (Å²) in [6.07, 6.45) is 3.57. The number of hydrogen-bond acceptors (Lipinski definition) is 4. The molecule has 0 amide bonds. The molecule has 0 bridgehead atoms. The van der Waals surface area contributed by atoms with E-state index in [1.807, 2.05) is 48.3 Å². The lowest BCUT2D eigenvalue weighted by Crippen LogP contribution is -2.16. The molecule has 0 aliphatic rings. The summed E-state index contributed by atoms with van der Waals surface area (Å²) in [6, 6.07) is 12.4. The number of para-hydroxylation sites is 2. The van der Waals surface area contributed by atoms with Crippen molar-refractivity contribution in [3.63, 3.8) is 0 Å². The molecular formula is C14H13N3O. The van der Waals surface area contributed by atoms with Crippen LogP contribution in [0.4, 0.5) is 6.01 Å². The summed E-state index contributed by atoms with van der Waals surface area (Å²) < 4.78 is 5.70. The fourth-order valence-corrected chi connectivity index (χ4v) is 1.85. The van der Waals surface area contributed by atoms with Crippen molar-refractivity contribution in [2.24, 2.45) is 0 Å². The maximum Gasteiger partial charge on any atom is 0.298 e. The SMILES string of the molecule is CN(Cc1ccncc1)c1nc2ccccc2o1. The Bertz CT molecular complexity index is 615. The van der Waals surface area contributed by atoms with Crippen LogP contribution in [0.5, 0.6) is 0 Å². The van der Waals surface area contributed by atoms with Gasteiger partial charge in [0.05, 0.1) is 0 Å². The van der Waals surface area contributed by atoms with Gasteiger partial charge in [-0.1, -0.05) is 12.1 Å². The average Bonchev–Trinajstić information content (AvgIpc) is 2.84. The van der Waals surface area contributed by atoms with Crippen LogP contribution in [0.3, 0.4) is 0 Å². The van der Waals surface area contributed by atoms with Crippen LogP contribution < -0.4 is 4.90 Å². The van der Waals surface area contributed by atoms with E-state index in [9.17, 15) is 0 Å². The van der Waals surface area contributed by atoms with Crippen molar-refractivity contribution in [3.8, 4) is 0 Å². The molecule has 0 radical (unpaired) electrons. The highest BCUT2D eigenvalue weighted by Gasteiger charge is 2.09.